The lowest BCUT2D eigenvalue weighted by atomic mass is 10.1. The molecule has 0 unspecified atom stereocenters. The third-order valence-electron chi connectivity index (χ3n) is 5.43. The highest BCUT2D eigenvalue weighted by Gasteiger charge is 2.28. The van der Waals surface area contributed by atoms with E-state index in [1.165, 1.54) is 0 Å². The number of carbonyl (C=O) groups is 1. The predicted molar refractivity (Wildman–Crippen MR) is 116 cm³/mol. The summed E-state index contributed by atoms with van der Waals surface area (Å²) in [5.74, 6) is 0.888. The minimum absolute atomic E-state index is 0.182. The van der Waals surface area contributed by atoms with Crippen LogP contribution in [-0.2, 0) is 13.6 Å². The number of nitrogens with one attached hydrogen (secondary N) is 1. The Morgan fingerprint density at radius 3 is 2.73 bits per heavy atom. The Morgan fingerprint density at radius 2 is 2.00 bits per heavy atom. The molecule has 1 aliphatic carbocycles. The Bertz CT molecular complexity index is 1250. The summed E-state index contributed by atoms with van der Waals surface area (Å²) >= 11 is 5.97. The lowest BCUT2D eigenvalue weighted by molar-refractivity contribution is 0.102. The van der Waals surface area contributed by atoms with Crippen LogP contribution in [0.2, 0.25) is 5.02 Å². The second-order valence-electron chi connectivity index (χ2n) is 7.73. The number of aryl methyl sites for hydroxylation is 2. The van der Waals surface area contributed by atoms with E-state index in [4.69, 9.17) is 16.6 Å². The number of halogens is 1. The molecule has 1 N–H and O–H groups in total. The van der Waals surface area contributed by atoms with Crippen LogP contribution in [0.4, 0.5) is 5.82 Å². The van der Waals surface area contributed by atoms with Gasteiger partial charge in [0.15, 0.2) is 5.65 Å². The molecule has 5 rings (SSSR count). The molecule has 7 nitrogen and oxygen atoms in total. The van der Waals surface area contributed by atoms with Gasteiger partial charge in [-0.15, -0.1) is 0 Å². The molecule has 1 fully saturated rings. The summed E-state index contributed by atoms with van der Waals surface area (Å²) in [7, 11) is 1.86. The highest BCUT2D eigenvalue weighted by molar-refractivity contribution is 6.30. The molecular weight excluding hydrogens is 400 g/mol. The molecule has 8 heteroatoms. The fraction of sp³-hybridized carbons (Fsp3) is 0.273. The van der Waals surface area contributed by atoms with Crippen LogP contribution in [0, 0.1) is 6.92 Å². The Morgan fingerprint density at radius 1 is 1.23 bits per heavy atom. The quantitative estimate of drug-likeness (QED) is 0.522. The van der Waals surface area contributed by atoms with Gasteiger partial charge in [-0.3, -0.25) is 9.48 Å². The first kappa shape index (κ1) is 18.8. The number of benzene rings is 1. The first-order chi connectivity index (χ1) is 14.5. The molecule has 1 aliphatic rings. The fourth-order valence-corrected chi connectivity index (χ4v) is 3.87. The number of hydrogen-bond acceptors (Lipinski definition) is 4. The summed E-state index contributed by atoms with van der Waals surface area (Å²) in [4.78, 5) is 18.1. The first-order valence-corrected chi connectivity index (χ1v) is 10.3. The zero-order chi connectivity index (χ0) is 20.8. The van der Waals surface area contributed by atoms with E-state index >= 15 is 0 Å². The molecule has 1 aromatic carbocycles. The summed E-state index contributed by atoms with van der Waals surface area (Å²) in [6.07, 6.45) is 3.91. The lowest BCUT2D eigenvalue weighted by Crippen LogP contribution is -2.17. The fourth-order valence-electron chi connectivity index (χ4n) is 3.74. The number of fused-ring (bicyclic) bond motifs is 1. The van der Waals surface area contributed by atoms with Crippen molar-refractivity contribution in [2.45, 2.75) is 32.2 Å². The molecule has 0 saturated heterocycles. The molecule has 0 radical (unpaired) electrons. The van der Waals surface area contributed by atoms with Crippen molar-refractivity contribution in [3.05, 3.63) is 70.1 Å². The van der Waals surface area contributed by atoms with Crippen LogP contribution in [0.5, 0.6) is 0 Å². The molecule has 0 bridgehead atoms. The van der Waals surface area contributed by atoms with Crippen molar-refractivity contribution in [2.24, 2.45) is 7.05 Å². The largest absolute Gasteiger partial charge is 0.307 e. The van der Waals surface area contributed by atoms with E-state index < -0.39 is 0 Å². The summed E-state index contributed by atoms with van der Waals surface area (Å²) in [6.45, 7) is 2.44. The van der Waals surface area contributed by atoms with Crippen molar-refractivity contribution >= 4 is 34.4 Å². The third-order valence-corrected chi connectivity index (χ3v) is 5.68. The SMILES string of the molecule is Cc1nn(C)c2nc(C3CC3)cc(C(=O)Nc3ccnn3Cc3ccc(Cl)cc3)c12. The van der Waals surface area contributed by atoms with Crippen molar-refractivity contribution in [1.29, 1.82) is 0 Å². The van der Waals surface area contributed by atoms with Crippen molar-refractivity contribution < 1.29 is 4.79 Å². The average molecular weight is 421 g/mol. The molecule has 1 amide bonds. The summed E-state index contributed by atoms with van der Waals surface area (Å²) in [6, 6.07) is 11.3. The van der Waals surface area contributed by atoms with E-state index in [1.54, 1.807) is 21.6 Å². The topological polar surface area (TPSA) is 77.6 Å². The van der Waals surface area contributed by atoms with Gasteiger partial charge in [-0.05, 0) is 43.5 Å². The number of rotatable bonds is 5. The number of hydrogen-bond donors (Lipinski definition) is 1. The van der Waals surface area contributed by atoms with Crippen LogP contribution in [0.15, 0.2) is 42.6 Å². The zero-order valence-corrected chi connectivity index (χ0v) is 17.5. The van der Waals surface area contributed by atoms with Crippen LogP contribution in [-0.4, -0.2) is 30.5 Å². The van der Waals surface area contributed by atoms with E-state index in [2.05, 4.69) is 15.5 Å². The Balaban J connectivity index is 1.47. The van der Waals surface area contributed by atoms with E-state index in [1.807, 2.05) is 44.3 Å². The minimum atomic E-state index is -0.182. The van der Waals surface area contributed by atoms with Gasteiger partial charge in [0.25, 0.3) is 5.91 Å². The van der Waals surface area contributed by atoms with Gasteiger partial charge in [0.05, 0.1) is 29.4 Å². The van der Waals surface area contributed by atoms with Gasteiger partial charge >= 0.3 is 0 Å². The van der Waals surface area contributed by atoms with Crippen molar-refractivity contribution in [1.82, 2.24) is 24.5 Å². The minimum Gasteiger partial charge on any atom is -0.307 e. The van der Waals surface area contributed by atoms with Crippen LogP contribution >= 0.6 is 11.6 Å². The van der Waals surface area contributed by atoms with Crippen molar-refractivity contribution in [3.8, 4) is 0 Å². The smallest absolute Gasteiger partial charge is 0.257 e. The maximum absolute atomic E-state index is 13.3. The number of aromatic nitrogens is 5. The van der Waals surface area contributed by atoms with E-state index in [9.17, 15) is 4.79 Å². The Kier molecular flexibility index (Phi) is 4.55. The Labute approximate surface area is 178 Å². The number of pyridine rings is 1. The van der Waals surface area contributed by atoms with Crippen LogP contribution in [0.3, 0.4) is 0 Å². The molecule has 1 saturated carbocycles. The summed E-state index contributed by atoms with van der Waals surface area (Å²) in [5, 5.41) is 13.3. The number of amides is 1. The van der Waals surface area contributed by atoms with Gasteiger partial charge in [0.2, 0.25) is 0 Å². The average Bonchev–Trinajstić information content (AvgIpc) is 3.43. The predicted octanol–water partition coefficient (Wildman–Crippen LogP) is 4.30. The van der Waals surface area contributed by atoms with Crippen molar-refractivity contribution in [3.63, 3.8) is 0 Å². The molecule has 30 heavy (non-hydrogen) atoms. The van der Waals surface area contributed by atoms with Gasteiger partial charge in [-0.1, -0.05) is 23.7 Å². The van der Waals surface area contributed by atoms with E-state index in [0.29, 0.717) is 28.9 Å². The van der Waals surface area contributed by atoms with Gasteiger partial charge in [0.1, 0.15) is 5.82 Å². The second kappa shape index (κ2) is 7.25. The first-order valence-electron chi connectivity index (χ1n) is 9.91. The number of carbonyl (C=O) groups excluding carboxylic acids is 1. The molecule has 0 spiro atoms. The number of nitrogens with zero attached hydrogens (tertiary/aromatic N) is 5. The van der Waals surface area contributed by atoms with Gasteiger partial charge < -0.3 is 5.32 Å². The molecule has 0 aliphatic heterocycles. The molecule has 4 aromatic rings. The van der Waals surface area contributed by atoms with Gasteiger partial charge in [-0.25, -0.2) is 9.67 Å². The lowest BCUT2D eigenvalue weighted by Gasteiger charge is -2.11. The highest BCUT2D eigenvalue weighted by Crippen LogP contribution is 2.40. The molecule has 3 aromatic heterocycles. The second-order valence-corrected chi connectivity index (χ2v) is 8.17. The Hall–Kier alpha value is -3.19. The monoisotopic (exact) mass is 420 g/mol. The zero-order valence-electron chi connectivity index (χ0n) is 16.8. The maximum Gasteiger partial charge on any atom is 0.257 e. The van der Waals surface area contributed by atoms with E-state index in [-0.39, 0.29) is 5.91 Å². The molecule has 3 heterocycles. The maximum atomic E-state index is 13.3. The van der Waals surface area contributed by atoms with Crippen LogP contribution < -0.4 is 5.32 Å². The standard InChI is InChI=1S/C22H21ClN6O/c1-13-20-17(11-18(15-5-6-15)25-21(20)28(2)27-13)22(30)26-19-9-10-24-29(19)12-14-3-7-16(23)8-4-14/h3-4,7-11,15H,5-6,12H2,1-2H3,(H,26,30). The molecular formula is C22H21ClN6O. The molecule has 152 valence electrons. The number of anilines is 1. The van der Waals surface area contributed by atoms with Crippen LogP contribution in [0.25, 0.3) is 11.0 Å². The van der Waals surface area contributed by atoms with Crippen LogP contribution in [0.1, 0.15) is 46.1 Å². The van der Waals surface area contributed by atoms with Gasteiger partial charge in [0, 0.05) is 29.7 Å². The summed E-state index contributed by atoms with van der Waals surface area (Å²) in [5.41, 5.74) is 4.15. The van der Waals surface area contributed by atoms with Crippen molar-refractivity contribution in [2.75, 3.05) is 5.32 Å². The van der Waals surface area contributed by atoms with Gasteiger partial charge in [-0.2, -0.15) is 10.2 Å². The third kappa shape index (κ3) is 3.45. The highest BCUT2D eigenvalue weighted by atomic mass is 35.5. The normalized spacial score (nSPS) is 13.7. The summed E-state index contributed by atoms with van der Waals surface area (Å²) < 4.78 is 3.51. The molecule has 0 atom stereocenters. The van der Waals surface area contributed by atoms with E-state index in [0.717, 1.165) is 40.8 Å².